The molecule has 136 valence electrons. The average Bonchev–Trinajstić information content (AvgIpc) is 2.69. The highest BCUT2D eigenvalue weighted by molar-refractivity contribution is 6.04. The molecule has 0 spiro atoms. The number of carboxylic acid groups (broad SMARTS) is 1. The molecular weight excluding hydrogens is 348 g/mol. The van der Waals surface area contributed by atoms with E-state index in [0.29, 0.717) is 22.7 Å². The van der Waals surface area contributed by atoms with Crippen LogP contribution in [0, 0.1) is 0 Å². The fraction of sp³-hybridized carbons (Fsp3) is 0.0500. The monoisotopic (exact) mass is 364 g/mol. The number of hydrogen-bond acceptors (Lipinski definition) is 5. The van der Waals surface area contributed by atoms with E-state index < -0.39 is 5.97 Å². The molecule has 0 saturated carbocycles. The summed E-state index contributed by atoms with van der Waals surface area (Å²) in [6.45, 7) is 0. The number of carbonyl (C=O) groups excluding carboxylic acids is 1. The number of amides is 1. The lowest BCUT2D eigenvalue weighted by Gasteiger charge is -2.08. The first-order chi connectivity index (χ1) is 13.0. The van der Waals surface area contributed by atoms with E-state index in [1.165, 1.54) is 18.3 Å². The van der Waals surface area contributed by atoms with E-state index in [4.69, 9.17) is 14.6 Å². The quantitative estimate of drug-likeness (QED) is 0.690. The Labute approximate surface area is 155 Å². The van der Waals surface area contributed by atoms with Gasteiger partial charge in [0, 0.05) is 17.4 Å². The number of nitrogens with one attached hydrogen (secondary N) is 1. The van der Waals surface area contributed by atoms with Gasteiger partial charge in [-0.1, -0.05) is 0 Å². The molecule has 0 saturated heterocycles. The fourth-order valence-electron chi connectivity index (χ4n) is 2.28. The van der Waals surface area contributed by atoms with Crippen molar-refractivity contribution in [3.05, 3.63) is 78.1 Å². The minimum atomic E-state index is -1.16. The molecule has 27 heavy (non-hydrogen) atoms. The number of pyridine rings is 1. The van der Waals surface area contributed by atoms with E-state index in [1.54, 1.807) is 55.6 Å². The van der Waals surface area contributed by atoms with Crippen molar-refractivity contribution in [3.63, 3.8) is 0 Å². The van der Waals surface area contributed by atoms with Gasteiger partial charge in [-0.3, -0.25) is 4.79 Å². The van der Waals surface area contributed by atoms with Crippen LogP contribution in [0.1, 0.15) is 20.8 Å². The van der Waals surface area contributed by atoms with Crippen LogP contribution in [-0.4, -0.2) is 29.1 Å². The highest BCUT2D eigenvalue weighted by Gasteiger charge is 2.10. The van der Waals surface area contributed by atoms with Gasteiger partial charge in [0.2, 0.25) is 0 Å². The van der Waals surface area contributed by atoms with Crippen LogP contribution in [0.25, 0.3) is 0 Å². The highest BCUT2D eigenvalue weighted by Crippen LogP contribution is 2.24. The van der Waals surface area contributed by atoms with Crippen LogP contribution in [0.5, 0.6) is 17.2 Å². The summed E-state index contributed by atoms with van der Waals surface area (Å²) in [5, 5.41) is 11.6. The number of rotatable bonds is 6. The smallest absolute Gasteiger partial charge is 0.354 e. The number of methoxy groups -OCH3 is 1. The largest absolute Gasteiger partial charge is 0.497 e. The maximum absolute atomic E-state index is 12.3. The van der Waals surface area contributed by atoms with Gasteiger partial charge in [-0.15, -0.1) is 0 Å². The molecule has 0 fully saturated rings. The average molecular weight is 364 g/mol. The minimum absolute atomic E-state index is 0.143. The van der Waals surface area contributed by atoms with Gasteiger partial charge in [-0.25, -0.2) is 9.78 Å². The fourth-order valence-corrected chi connectivity index (χ4v) is 2.28. The summed E-state index contributed by atoms with van der Waals surface area (Å²) in [7, 11) is 1.59. The number of carbonyl (C=O) groups is 2. The Balaban J connectivity index is 1.66. The summed E-state index contributed by atoms with van der Waals surface area (Å²) in [5.74, 6) is 0.427. The summed E-state index contributed by atoms with van der Waals surface area (Å²) in [6, 6.07) is 16.5. The molecule has 0 aliphatic rings. The van der Waals surface area contributed by atoms with E-state index in [1.807, 2.05) is 0 Å². The van der Waals surface area contributed by atoms with Gasteiger partial charge >= 0.3 is 5.97 Å². The Kier molecular flexibility index (Phi) is 5.32. The lowest BCUT2D eigenvalue weighted by Crippen LogP contribution is -2.12. The molecule has 1 heterocycles. The zero-order chi connectivity index (χ0) is 19.2. The molecule has 1 amide bonds. The SMILES string of the molecule is COc1ccc(Oc2ccc(C(=O)Nc3ccnc(C(=O)O)c3)cc2)cc1. The Morgan fingerprint density at radius 2 is 1.52 bits per heavy atom. The Bertz CT molecular complexity index is 953. The normalized spacial score (nSPS) is 10.1. The number of carboxylic acids is 1. The molecule has 2 aromatic carbocycles. The highest BCUT2D eigenvalue weighted by atomic mass is 16.5. The number of hydrogen-bond donors (Lipinski definition) is 2. The van der Waals surface area contributed by atoms with Crippen LogP contribution in [0.3, 0.4) is 0 Å². The minimum Gasteiger partial charge on any atom is -0.497 e. The third-order valence-corrected chi connectivity index (χ3v) is 3.65. The summed E-state index contributed by atoms with van der Waals surface area (Å²) >= 11 is 0. The summed E-state index contributed by atoms with van der Waals surface area (Å²) in [5.41, 5.74) is 0.618. The molecule has 0 aliphatic heterocycles. The van der Waals surface area contributed by atoms with Crippen LogP contribution in [0.4, 0.5) is 5.69 Å². The van der Waals surface area contributed by atoms with Gasteiger partial charge in [-0.05, 0) is 60.7 Å². The molecule has 0 atom stereocenters. The summed E-state index contributed by atoms with van der Waals surface area (Å²) in [4.78, 5) is 26.9. The van der Waals surface area contributed by atoms with E-state index in [2.05, 4.69) is 10.3 Å². The molecule has 0 bridgehead atoms. The van der Waals surface area contributed by atoms with Gasteiger partial charge < -0.3 is 19.9 Å². The molecule has 3 aromatic rings. The van der Waals surface area contributed by atoms with Crippen LogP contribution >= 0.6 is 0 Å². The zero-order valence-electron chi connectivity index (χ0n) is 14.4. The van der Waals surface area contributed by atoms with Crippen molar-refractivity contribution >= 4 is 17.6 Å². The van der Waals surface area contributed by atoms with Gasteiger partial charge in [0.15, 0.2) is 0 Å². The second kappa shape index (κ2) is 8.01. The number of nitrogens with zero attached hydrogens (tertiary/aromatic N) is 1. The standard InChI is InChI=1S/C20H16N2O5/c1-26-15-6-8-17(9-7-15)27-16-4-2-13(3-5-16)19(23)22-14-10-11-21-18(12-14)20(24)25/h2-12H,1H3,(H,24,25)(H,21,22,23). The summed E-state index contributed by atoms with van der Waals surface area (Å²) < 4.78 is 10.8. The van der Waals surface area contributed by atoms with Crippen LogP contribution in [0.15, 0.2) is 66.9 Å². The third-order valence-electron chi connectivity index (χ3n) is 3.65. The first-order valence-corrected chi connectivity index (χ1v) is 7.98. The lowest BCUT2D eigenvalue weighted by molar-refractivity contribution is 0.0690. The van der Waals surface area contributed by atoms with Gasteiger partial charge in [0.25, 0.3) is 5.91 Å². The molecule has 7 nitrogen and oxygen atoms in total. The molecule has 3 rings (SSSR count). The topological polar surface area (TPSA) is 97.8 Å². The predicted octanol–water partition coefficient (Wildman–Crippen LogP) is 3.83. The summed E-state index contributed by atoms with van der Waals surface area (Å²) in [6.07, 6.45) is 1.32. The van der Waals surface area contributed by atoms with Crippen molar-refractivity contribution in [1.29, 1.82) is 0 Å². The van der Waals surface area contributed by atoms with E-state index >= 15 is 0 Å². The Hall–Kier alpha value is -3.87. The van der Waals surface area contributed by atoms with E-state index in [0.717, 1.165) is 5.75 Å². The molecule has 2 N–H and O–H groups in total. The van der Waals surface area contributed by atoms with Crippen LogP contribution < -0.4 is 14.8 Å². The van der Waals surface area contributed by atoms with Crippen molar-refractivity contribution in [2.75, 3.05) is 12.4 Å². The van der Waals surface area contributed by atoms with Crippen molar-refractivity contribution in [1.82, 2.24) is 4.98 Å². The third kappa shape index (κ3) is 4.60. The van der Waals surface area contributed by atoms with Crippen molar-refractivity contribution < 1.29 is 24.2 Å². The number of ether oxygens (including phenoxy) is 2. The maximum atomic E-state index is 12.3. The van der Waals surface area contributed by atoms with Crippen molar-refractivity contribution in [3.8, 4) is 17.2 Å². The van der Waals surface area contributed by atoms with Crippen LogP contribution in [-0.2, 0) is 0 Å². The molecular formula is C20H16N2O5. The Morgan fingerprint density at radius 3 is 2.11 bits per heavy atom. The first kappa shape index (κ1) is 17.9. The second-order valence-corrected chi connectivity index (χ2v) is 5.49. The second-order valence-electron chi connectivity index (χ2n) is 5.49. The number of anilines is 1. The number of aromatic carboxylic acids is 1. The Morgan fingerprint density at radius 1 is 0.926 bits per heavy atom. The maximum Gasteiger partial charge on any atom is 0.354 e. The van der Waals surface area contributed by atoms with E-state index in [9.17, 15) is 9.59 Å². The van der Waals surface area contributed by atoms with Crippen LogP contribution in [0.2, 0.25) is 0 Å². The number of benzene rings is 2. The predicted molar refractivity (Wildman–Crippen MR) is 98.7 cm³/mol. The van der Waals surface area contributed by atoms with Gasteiger partial charge in [0.05, 0.1) is 7.11 Å². The van der Waals surface area contributed by atoms with Crippen molar-refractivity contribution in [2.24, 2.45) is 0 Å². The lowest BCUT2D eigenvalue weighted by atomic mass is 10.2. The number of aromatic nitrogens is 1. The van der Waals surface area contributed by atoms with Gasteiger partial charge in [-0.2, -0.15) is 0 Å². The van der Waals surface area contributed by atoms with Crippen molar-refractivity contribution in [2.45, 2.75) is 0 Å². The molecule has 0 unspecified atom stereocenters. The molecule has 0 aliphatic carbocycles. The zero-order valence-corrected chi connectivity index (χ0v) is 14.4. The first-order valence-electron chi connectivity index (χ1n) is 7.98. The van der Waals surface area contributed by atoms with Gasteiger partial charge in [0.1, 0.15) is 22.9 Å². The van der Waals surface area contributed by atoms with E-state index in [-0.39, 0.29) is 11.6 Å². The molecule has 0 radical (unpaired) electrons. The molecule has 7 heteroatoms. The molecule has 1 aromatic heterocycles.